The first-order valence-corrected chi connectivity index (χ1v) is 15.9. The first-order valence-electron chi connectivity index (χ1n) is 14.5. The molecule has 0 aromatic heterocycles. The number of amides is 1. The summed E-state index contributed by atoms with van der Waals surface area (Å²) >= 11 is 1.57. The van der Waals surface area contributed by atoms with E-state index in [1.807, 2.05) is 6.26 Å². The first kappa shape index (κ1) is 29.2. The molecular formula is C29H49NO6S. The van der Waals surface area contributed by atoms with Gasteiger partial charge in [0.1, 0.15) is 6.04 Å². The van der Waals surface area contributed by atoms with E-state index >= 15 is 0 Å². The van der Waals surface area contributed by atoms with Gasteiger partial charge in [0.15, 0.2) is 0 Å². The van der Waals surface area contributed by atoms with Gasteiger partial charge in [-0.15, -0.1) is 0 Å². The van der Waals surface area contributed by atoms with Crippen LogP contribution in [-0.4, -0.2) is 68.7 Å². The summed E-state index contributed by atoms with van der Waals surface area (Å²) in [5, 5.41) is 45.5. The number of thioether (sulfide) groups is 1. The molecule has 0 aliphatic heterocycles. The molecule has 1 amide bonds. The van der Waals surface area contributed by atoms with Crippen molar-refractivity contribution in [3.05, 3.63) is 0 Å². The molecule has 0 bridgehead atoms. The zero-order valence-electron chi connectivity index (χ0n) is 23.1. The van der Waals surface area contributed by atoms with Gasteiger partial charge in [0.05, 0.1) is 18.3 Å². The van der Waals surface area contributed by atoms with Crippen LogP contribution in [0.15, 0.2) is 0 Å². The van der Waals surface area contributed by atoms with E-state index in [1.54, 1.807) is 11.8 Å². The third kappa shape index (κ3) is 5.33. The summed E-state index contributed by atoms with van der Waals surface area (Å²) in [5.41, 5.74) is -0.235. The fourth-order valence-corrected chi connectivity index (χ4v) is 9.92. The minimum absolute atomic E-state index is 0.0597. The zero-order chi connectivity index (χ0) is 27.1. The number of hydrogen-bond acceptors (Lipinski definition) is 6. The van der Waals surface area contributed by atoms with Gasteiger partial charge in [0, 0.05) is 6.42 Å². The molecular weight excluding hydrogens is 490 g/mol. The van der Waals surface area contributed by atoms with Gasteiger partial charge >= 0.3 is 5.97 Å². The number of carbonyl (C=O) groups is 2. The smallest absolute Gasteiger partial charge is 0.326 e. The maximum Gasteiger partial charge on any atom is 0.326 e. The Kier molecular flexibility index (Phi) is 8.94. The van der Waals surface area contributed by atoms with E-state index in [1.165, 1.54) is 0 Å². The second-order valence-electron chi connectivity index (χ2n) is 13.3. The van der Waals surface area contributed by atoms with Crippen LogP contribution >= 0.6 is 11.8 Å². The van der Waals surface area contributed by atoms with Crippen molar-refractivity contribution >= 4 is 23.6 Å². The summed E-state index contributed by atoms with van der Waals surface area (Å²) in [6, 6.07) is -0.848. The molecule has 4 aliphatic rings. The molecule has 12 unspecified atom stereocenters. The Labute approximate surface area is 226 Å². The minimum Gasteiger partial charge on any atom is -0.480 e. The molecule has 0 heterocycles. The zero-order valence-corrected chi connectivity index (χ0v) is 23.9. The Hall–Kier alpha value is -0.830. The number of rotatable bonds is 9. The van der Waals surface area contributed by atoms with Crippen LogP contribution in [-0.2, 0) is 9.59 Å². The number of aliphatic hydroxyl groups is 3. The molecule has 0 spiro atoms. The van der Waals surface area contributed by atoms with E-state index in [0.29, 0.717) is 30.9 Å². The second-order valence-corrected chi connectivity index (χ2v) is 14.3. The fraction of sp³-hybridized carbons (Fsp3) is 0.931. The van der Waals surface area contributed by atoms with Crippen molar-refractivity contribution in [2.75, 3.05) is 12.0 Å². The Morgan fingerprint density at radius 1 is 1.03 bits per heavy atom. The highest BCUT2D eigenvalue weighted by Crippen LogP contribution is 2.68. The van der Waals surface area contributed by atoms with Crippen molar-refractivity contribution in [2.24, 2.45) is 46.3 Å². The normalized spacial score (nSPS) is 44.7. The number of carboxylic acid groups (broad SMARTS) is 1. The molecule has 0 saturated heterocycles. The van der Waals surface area contributed by atoms with E-state index < -0.39 is 18.1 Å². The summed E-state index contributed by atoms with van der Waals surface area (Å²) in [5.74, 6) is 0.973. The van der Waals surface area contributed by atoms with Crippen molar-refractivity contribution < 1.29 is 30.0 Å². The molecule has 4 fully saturated rings. The van der Waals surface area contributed by atoms with Crippen LogP contribution in [0.5, 0.6) is 0 Å². The SMILES string of the molecule is CSCCC(NC(=O)CCC(C)C1CCC2C3C(O)CC4CC(O)CCC4(C)C3CC(O)C12C)C(=O)O. The fourth-order valence-electron chi connectivity index (χ4n) is 9.45. The van der Waals surface area contributed by atoms with Gasteiger partial charge in [0.25, 0.3) is 0 Å². The van der Waals surface area contributed by atoms with Gasteiger partial charge in [0.2, 0.25) is 5.91 Å². The summed E-state index contributed by atoms with van der Waals surface area (Å²) in [7, 11) is 0. The average molecular weight is 540 g/mol. The molecule has 0 aromatic carbocycles. The molecule has 0 aromatic rings. The third-order valence-electron chi connectivity index (χ3n) is 11.6. The van der Waals surface area contributed by atoms with Crippen LogP contribution in [0.25, 0.3) is 0 Å². The Bertz CT molecular complexity index is 841. The second kappa shape index (κ2) is 11.3. The summed E-state index contributed by atoms with van der Waals surface area (Å²) in [6.45, 7) is 6.74. The van der Waals surface area contributed by atoms with Gasteiger partial charge in [-0.25, -0.2) is 4.79 Å². The first-order chi connectivity index (χ1) is 17.4. The third-order valence-corrected chi connectivity index (χ3v) is 12.2. The van der Waals surface area contributed by atoms with Crippen molar-refractivity contribution in [3.8, 4) is 0 Å². The molecule has 4 rings (SSSR count). The number of fused-ring (bicyclic) bond motifs is 5. The summed E-state index contributed by atoms with van der Waals surface area (Å²) in [4.78, 5) is 24.1. The lowest BCUT2D eigenvalue weighted by Crippen LogP contribution is -2.62. The summed E-state index contributed by atoms with van der Waals surface area (Å²) in [6.07, 6.45) is 8.15. The van der Waals surface area contributed by atoms with Crippen LogP contribution in [0.3, 0.4) is 0 Å². The molecule has 7 nitrogen and oxygen atoms in total. The Morgan fingerprint density at radius 3 is 2.43 bits per heavy atom. The lowest BCUT2D eigenvalue weighted by molar-refractivity contribution is -0.207. The van der Waals surface area contributed by atoms with Gasteiger partial charge in [-0.1, -0.05) is 20.8 Å². The van der Waals surface area contributed by atoms with Crippen LogP contribution < -0.4 is 5.32 Å². The molecule has 5 N–H and O–H groups in total. The van der Waals surface area contributed by atoms with Crippen LogP contribution in [0.4, 0.5) is 0 Å². The quantitative estimate of drug-likeness (QED) is 0.302. The molecule has 8 heteroatoms. The van der Waals surface area contributed by atoms with Crippen LogP contribution in [0, 0.1) is 46.3 Å². The monoisotopic (exact) mass is 539 g/mol. The molecule has 0 radical (unpaired) electrons. The predicted molar refractivity (Wildman–Crippen MR) is 145 cm³/mol. The highest BCUT2D eigenvalue weighted by molar-refractivity contribution is 7.98. The summed E-state index contributed by atoms with van der Waals surface area (Å²) < 4.78 is 0. The lowest BCUT2D eigenvalue weighted by atomic mass is 9.43. The average Bonchev–Trinajstić information content (AvgIpc) is 3.20. The lowest BCUT2D eigenvalue weighted by Gasteiger charge is -2.63. The van der Waals surface area contributed by atoms with Crippen molar-refractivity contribution in [1.29, 1.82) is 0 Å². The maximum atomic E-state index is 12.6. The van der Waals surface area contributed by atoms with Crippen LogP contribution in [0.1, 0.15) is 85.0 Å². The van der Waals surface area contributed by atoms with Gasteiger partial charge in [-0.05, 0) is 116 Å². The molecule has 212 valence electrons. The maximum absolute atomic E-state index is 12.6. The Balaban J connectivity index is 1.43. The standard InChI is InChI=1S/C29H49NO6S/c1-16(5-8-25(34)30-22(27(35)36)10-12-37-4)19-6-7-20-26-21(15-24(33)29(19,20)3)28(2)11-9-18(31)13-17(28)14-23(26)32/h16-24,26,31-33H,5-15H2,1-4H3,(H,30,34)(H,35,36). The van der Waals surface area contributed by atoms with Crippen molar-refractivity contribution in [1.82, 2.24) is 5.32 Å². The molecule has 4 aliphatic carbocycles. The molecule has 37 heavy (non-hydrogen) atoms. The van der Waals surface area contributed by atoms with E-state index in [2.05, 4.69) is 26.1 Å². The number of hydrogen-bond donors (Lipinski definition) is 5. The Morgan fingerprint density at radius 2 is 1.76 bits per heavy atom. The number of aliphatic hydroxyl groups excluding tert-OH is 3. The number of carbonyl (C=O) groups excluding carboxylic acids is 1. The highest BCUT2D eigenvalue weighted by atomic mass is 32.2. The van der Waals surface area contributed by atoms with Crippen molar-refractivity contribution in [3.63, 3.8) is 0 Å². The minimum atomic E-state index is -0.990. The highest BCUT2D eigenvalue weighted by Gasteiger charge is 2.65. The molecule has 12 atom stereocenters. The number of nitrogens with one attached hydrogen (secondary N) is 1. The number of aliphatic carboxylic acids is 1. The van der Waals surface area contributed by atoms with Gasteiger partial charge in [-0.2, -0.15) is 11.8 Å². The molecule has 4 saturated carbocycles. The largest absolute Gasteiger partial charge is 0.480 e. The van der Waals surface area contributed by atoms with Crippen molar-refractivity contribution in [2.45, 2.75) is 109 Å². The topological polar surface area (TPSA) is 127 Å². The van der Waals surface area contributed by atoms with Crippen LogP contribution in [0.2, 0.25) is 0 Å². The van der Waals surface area contributed by atoms with E-state index in [9.17, 15) is 30.0 Å². The van der Waals surface area contributed by atoms with E-state index in [-0.39, 0.29) is 65.0 Å². The number of carboxylic acids is 1. The van der Waals surface area contributed by atoms with E-state index in [4.69, 9.17) is 0 Å². The van der Waals surface area contributed by atoms with Gasteiger partial charge in [-0.3, -0.25) is 4.79 Å². The predicted octanol–water partition coefficient (Wildman–Crippen LogP) is 3.69. The van der Waals surface area contributed by atoms with Gasteiger partial charge < -0.3 is 25.7 Å². The van der Waals surface area contributed by atoms with E-state index in [0.717, 1.165) is 38.5 Å².